The van der Waals surface area contributed by atoms with Crippen molar-refractivity contribution in [1.82, 2.24) is 4.98 Å². The number of hydrogen-bond acceptors (Lipinski definition) is 4. The van der Waals surface area contributed by atoms with Gasteiger partial charge < -0.3 is 16.0 Å². The molecule has 1 saturated heterocycles. The van der Waals surface area contributed by atoms with Crippen LogP contribution in [0.25, 0.3) is 11.1 Å². The van der Waals surface area contributed by atoms with Crippen molar-refractivity contribution in [3.8, 4) is 11.1 Å². The predicted molar refractivity (Wildman–Crippen MR) is 128 cm³/mol. The first-order chi connectivity index (χ1) is 15.4. The van der Waals surface area contributed by atoms with E-state index in [1.54, 1.807) is 6.20 Å². The summed E-state index contributed by atoms with van der Waals surface area (Å²) in [5, 5.41) is 2.87. The Bertz CT molecular complexity index is 1150. The fourth-order valence-corrected chi connectivity index (χ4v) is 4.47. The van der Waals surface area contributed by atoms with Crippen LogP contribution in [0, 0.1) is 25.6 Å². The zero-order chi connectivity index (χ0) is 22.8. The van der Waals surface area contributed by atoms with E-state index in [9.17, 15) is 9.18 Å². The Morgan fingerprint density at radius 2 is 1.97 bits per heavy atom. The molecule has 2 aromatic carbocycles. The monoisotopic (exact) mass is 452 g/mol. The molecule has 1 unspecified atom stereocenters. The second kappa shape index (κ2) is 9.27. The SMILES string of the molecule is Cc1cc(C)cc(-c2cncc(NC(=O)c3ccc(F)c(Cl)c3)c2N2CCC(CN)C2)c1. The Balaban J connectivity index is 1.77. The van der Waals surface area contributed by atoms with Crippen molar-refractivity contribution in [2.24, 2.45) is 11.7 Å². The lowest BCUT2D eigenvalue weighted by Gasteiger charge is -2.25. The molecule has 1 fully saturated rings. The molecule has 32 heavy (non-hydrogen) atoms. The minimum atomic E-state index is -0.563. The van der Waals surface area contributed by atoms with Crippen molar-refractivity contribution in [2.75, 3.05) is 29.9 Å². The quantitative estimate of drug-likeness (QED) is 0.558. The Morgan fingerprint density at radius 1 is 1.22 bits per heavy atom. The number of amides is 1. The van der Waals surface area contributed by atoms with Gasteiger partial charge in [-0.3, -0.25) is 9.78 Å². The summed E-state index contributed by atoms with van der Waals surface area (Å²) in [6.07, 6.45) is 4.48. The molecule has 3 aromatic rings. The van der Waals surface area contributed by atoms with Crippen molar-refractivity contribution < 1.29 is 9.18 Å². The number of rotatable bonds is 5. The van der Waals surface area contributed by atoms with Gasteiger partial charge in [-0.15, -0.1) is 0 Å². The van der Waals surface area contributed by atoms with Gasteiger partial charge in [-0.1, -0.05) is 40.9 Å². The number of pyridine rings is 1. The first-order valence-electron chi connectivity index (χ1n) is 10.6. The number of nitrogens with two attached hydrogens (primary N) is 1. The molecule has 1 atom stereocenters. The van der Waals surface area contributed by atoms with Crippen molar-refractivity contribution in [3.63, 3.8) is 0 Å². The van der Waals surface area contributed by atoms with Gasteiger partial charge >= 0.3 is 0 Å². The molecule has 1 aliphatic heterocycles. The number of halogens is 2. The van der Waals surface area contributed by atoms with Crippen LogP contribution in [-0.2, 0) is 0 Å². The van der Waals surface area contributed by atoms with Crippen LogP contribution in [0.5, 0.6) is 0 Å². The molecule has 0 saturated carbocycles. The molecule has 0 spiro atoms. The van der Waals surface area contributed by atoms with Gasteiger partial charge in [0.05, 0.1) is 22.6 Å². The molecule has 1 aromatic heterocycles. The maximum atomic E-state index is 13.5. The minimum Gasteiger partial charge on any atom is -0.369 e. The number of aromatic nitrogens is 1. The predicted octanol–water partition coefficient (Wildman–Crippen LogP) is 5.20. The topological polar surface area (TPSA) is 71.2 Å². The highest BCUT2D eigenvalue weighted by Crippen LogP contribution is 2.39. The van der Waals surface area contributed by atoms with E-state index in [1.807, 2.05) is 6.20 Å². The van der Waals surface area contributed by atoms with Crippen LogP contribution in [0.15, 0.2) is 48.8 Å². The summed E-state index contributed by atoms with van der Waals surface area (Å²) in [5.74, 6) is -0.538. The number of anilines is 2. The second-order valence-electron chi connectivity index (χ2n) is 8.38. The molecular weight excluding hydrogens is 427 g/mol. The molecule has 166 valence electrons. The highest BCUT2D eigenvalue weighted by molar-refractivity contribution is 6.31. The van der Waals surface area contributed by atoms with Crippen LogP contribution in [0.1, 0.15) is 27.9 Å². The average molecular weight is 453 g/mol. The summed E-state index contributed by atoms with van der Waals surface area (Å²) < 4.78 is 13.5. The lowest BCUT2D eigenvalue weighted by Crippen LogP contribution is -2.25. The summed E-state index contributed by atoms with van der Waals surface area (Å²) in [7, 11) is 0. The second-order valence-corrected chi connectivity index (χ2v) is 8.79. The first kappa shape index (κ1) is 22.2. The molecule has 4 rings (SSSR count). The van der Waals surface area contributed by atoms with E-state index in [0.717, 1.165) is 47.5 Å². The third-order valence-corrected chi connectivity index (χ3v) is 6.11. The molecule has 1 amide bonds. The van der Waals surface area contributed by atoms with Gasteiger partial charge in [-0.05, 0) is 56.5 Å². The van der Waals surface area contributed by atoms with Gasteiger partial charge in [0.25, 0.3) is 5.91 Å². The summed E-state index contributed by atoms with van der Waals surface area (Å²) in [6.45, 7) is 6.40. The number of nitrogens with one attached hydrogen (secondary N) is 1. The molecule has 1 aliphatic rings. The average Bonchev–Trinajstić information content (AvgIpc) is 3.23. The van der Waals surface area contributed by atoms with Gasteiger partial charge in [0.15, 0.2) is 0 Å². The van der Waals surface area contributed by atoms with E-state index in [4.69, 9.17) is 17.3 Å². The summed E-state index contributed by atoms with van der Waals surface area (Å²) >= 11 is 5.88. The van der Waals surface area contributed by atoms with Crippen molar-refractivity contribution in [2.45, 2.75) is 20.3 Å². The third kappa shape index (κ3) is 4.61. The summed E-state index contributed by atoms with van der Waals surface area (Å²) in [5.41, 5.74) is 12.0. The van der Waals surface area contributed by atoms with E-state index in [0.29, 0.717) is 18.2 Å². The number of carbonyl (C=O) groups excluding carboxylic acids is 1. The van der Waals surface area contributed by atoms with E-state index >= 15 is 0 Å². The Hall–Kier alpha value is -2.96. The Labute approximate surface area is 192 Å². The third-order valence-electron chi connectivity index (χ3n) is 5.82. The van der Waals surface area contributed by atoms with Gasteiger partial charge in [0.2, 0.25) is 0 Å². The van der Waals surface area contributed by atoms with Crippen LogP contribution in [0.3, 0.4) is 0 Å². The molecule has 7 heteroatoms. The lowest BCUT2D eigenvalue weighted by molar-refractivity contribution is 0.102. The molecule has 0 bridgehead atoms. The smallest absolute Gasteiger partial charge is 0.255 e. The van der Waals surface area contributed by atoms with Crippen LogP contribution in [0.2, 0.25) is 5.02 Å². The highest BCUT2D eigenvalue weighted by Gasteiger charge is 2.27. The van der Waals surface area contributed by atoms with E-state index in [1.165, 1.54) is 18.2 Å². The molecule has 2 heterocycles. The zero-order valence-corrected chi connectivity index (χ0v) is 18.9. The number of hydrogen-bond donors (Lipinski definition) is 2. The lowest BCUT2D eigenvalue weighted by atomic mass is 9.99. The normalized spacial score (nSPS) is 15.8. The largest absolute Gasteiger partial charge is 0.369 e. The number of benzene rings is 2. The highest BCUT2D eigenvalue weighted by atomic mass is 35.5. The fraction of sp³-hybridized carbons (Fsp3) is 0.280. The van der Waals surface area contributed by atoms with Gasteiger partial charge in [0, 0.05) is 30.4 Å². The molecule has 5 nitrogen and oxygen atoms in total. The first-order valence-corrected chi connectivity index (χ1v) is 11.0. The van der Waals surface area contributed by atoms with Gasteiger partial charge in [-0.25, -0.2) is 4.39 Å². The van der Waals surface area contributed by atoms with Gasteiger partial charge in [-0.2, -0.15) is 0 Å². The maximum absolute atomic E-state index is 13.5. The van der Waals surface area contributed by atoms with Gasteiger partial charge in [0.1, 0.15) is 5.82 Å². The van der Waals surface area contributed by atoms with E-state index in [2.05, 4.69) is 47.2 Å². The summed E-state index contributed by atoms with van der Waals surface area (Å²) in [6, 6.07) is 10.3. The molecule has 3 N–H and O–H groups in total. The van der Waals surface area contributed by atoms with E-state index < -0.39 is 5.82 Å². The van der Waals surface area contributed by atoms with Crippen molar-refractivity contribution in [3.05, 3.63) is 76.3 Å². The van der Waals surface area contributed by atoms with E-state index in [-0.39, 0.29) is 16.5 Å². The maximum Gasteiger partial charge on any atom is 0.255 e. The standard InChI is InChI=1S/C25H26ClFN4O/c1-15-7-16(2)9-19(8-15)20-12-29-13-23(24(20)31-6-5-17(11-28)14-31)30-25(32)18-3-4-22(27)21(26)10-18/h3-4,7-10,12-13,17H,5-6,11,14,28H2,1-2H3,(H,30,32). The Morgan fingerprint density at radius 3 is 2.62 bits per heavy atom. The minimum absolute atomic E-state index is 0.0923. The Kier molecular flexibility index (Phi) is 6.44. The number of aryl methyl sites for hydroxylation is 2. The van der Waals surface area contributed by atoms with Crippen LogP contribution >= 0.6 is 11.6 Å². The number of nitrogens with zero attached hydrogens (tertiary/aromatic N) is 2. The van der Waals surface area contributed by atoms with Crippen LogP contribution < -0.4 is 16.0 Å². The summed E-state index contributed by atoms with van der Waals surface area (Å²) in [4.78, 5) is 19.6. The van der Waals surface area contributed by atoms with Crippen molar-refractivity contribution >= 4 is 28.9 Å². The zero-order valence-electron chi connectivity index (χ0n) is 18.2. The van der Waals surface area contributed by atoms with Crippen molar-refractivity contribution in [1.29, 1.82) is 0 Å². The number of carbonyl (C=O) groups is 1. The molecule has 0 radical (unpaired) electrons. The van der Waals surface area contributed by atoms with Crippen LogP contribution in [-0.4, -0.2) is 30.5 Å². The van der Waals surface area contributed by atoms with Crippen LogP contribution in [0.4, 0.5) is 15.8 Å². The fourth-order valence-electron chi connectivity index (χ4n) is 4.29. The molecular formula is C25H26ClFN4O. The molecule has 0 aliphatic carbocycles.